The van der Waals surface area contributed by atoms with Crippen molar-refractivity contribution >= 4 is 27.5 Å². The Kier molecular flexibility index (Phi) is 11.2. The largest absolute Gasteiger partial charge is 0.497 e. The highest BCUT2D eigenvalue weighted by Gasteiger charge is 2.29. The molecule has 0 heterocycles. The Bertz CT molecular complexity index is 1110. The monoisotopic (exact) mass is 521 g/mol. The van der Waals surface area contributed by atoms with E-state index in [1.54, 1.807) is 25.3 Å². The minimum atomic E-state index is -3.77. The molecule has 0 aromatic heterocycles. The SMILES string of the molecule is CCCNC(=O)C(CC)N(Cc1ccc(OC)cc1)C(=O)CCCN(c1ccccc1F)S(C)(=O)=O. The summed E-state index contributed by atoms with van der Waals surface area (Å²) in [5.74, 6) is -0.496. The van der Waals surface area contributed by atoms with E-state index in [9.17, 15) is 22.4 Å². The van der Waals surface area contributed by atoms with Crippen molar-refractivity contribution < 1.29 is 27.1 Å². The van der Waals surface area contributed by atoms with Gasteiger partial charge in [-0.25, -0.2) is 12.8 Å². The maximum Gasteiger partial charge on any atom is 0.242 e. The number of sulfonamides is 1. The summed E-state index contributed by atoms with van der Waals surface area (Å²) in [5.41, 5.74) is 0.767. The van der Waals surface area contributed by atoms with Gasteiger partial charge in [0.15, 0.2) is 0 Å². The van der Waals surface area contributed by atoms with E-state index in [0.717, 1.165) is 22.5 Å². The second kappa shape index (κ2) is 13.8. The number of halogens is 1. The number of ether oxygens (including phenoxy) is 1. The Morgan fingerprint density at radius 2 is 1.75 bits per heavy atom. The quantitative estimate of drug-likeness (QED) is 0.409. The maximum atomic E-state index is 14.3. The van der Waals surface area contributed by atoms with Crippen LogP contribution < -0.4 is 14.4 Å². The van der Waals surface area contributed by atoms with Gasteiger partial charge in [0.25, 0.3) is 0 Å². The van der Waals surface area contributed by atoms with Gasteiger partial charge in [-0.3, -0.25) is 13.9 Å². The molecule has 0 radical (unpaired) electrons. The van der Waals surface area contributed by atoms with Gasteiger partial charge in [-0.2, -0.15) is 0 Å². The number of methoxy groups -OCH3 is 1. The van der Waals surface area contributed by atoms with Crippen LogP contribution in [0.15, 0.2) is 48.5 Å². The second-order valence-corrected chi connectivity index (χ2v) is 10.4. The molecule has 1 atom stereocenters. The summed E-state index contributed by atoms with van der Waals surface area (Å²) < 4.78 is 45.1. The highest BCUT2D eigenvalue weighted by Crippen LogP contribution is 2.23. The van der Waals surface area contributed by atoms with Gasteiger partial charge in [-0.05, 0) is 49.1 Å². The number of hydrogen-bond donors (Lipinski definition) is 1. The lowest BCUT2D eigenvalue weighted by atomic mass is 10.1. The lowest BCUT2D eigenvalue weighted by molar-refractivity contribution is -0.141. The first-order valence-corrected chi connectivity index (χ1v) is 13.9. The lowest BCUT2D eigenvalue weighted by Gasteiger charge is -2.31. The van der Waals surface area contributed by atoms with Crippen LogP contribution in [0.2, 0.25) is 0 Å². The van der Waals surface area contributed by atoms with E-state index in [2.05, 4.69) is 5.32 Å². The van der Waals surface area contributed by atoms with Crippen LogP contribution in [0.1, 0.15) is 45.1 Å². The van der Waals surface area contributed by atoms with Crippen molar-refractivity contribution in [1.82, 2.24) is 10.2 Å². The molecule has 0 aliphatic heterocycles. The number of benzene rings is 2. The van der Waals surface area contributed by atoms with Gasteiger partial charge < -0.3 is 15.0 Å². The maximum absolute atomic E-state index is 14.3. The third kappa shape index (κ3) is 8.22. The van der Waals surface area contributed by atoms with Crippen LogP contribution in [0.25, 0.3) is 0 Å². The molecule has 0 fully saturated rings. The van der Waals surface area contributed by atoms with E-state index in [-0.39, 0.29) is 43.4 Å². The van der Waals surface area contributed by atoms with Gasteiger partial charge in [0.05, 0.1) is 19.1 Å². The third-order valence-corrected chi connectivity index (χ3v) is 6.90. The van der Waals surface area contributed by atoms with E-state index in [0.29, 0.717) is 18.7 Å². The smallest absolute Gasteiger partial charge is 0.242 e. The number of carbonyl (C=O) groups is 2. The minimum Gasteiger partial charge on any atom is -0.497 e. The molecule has 0 saturated carbocycles. The zero-order chi connectivity index (χ0) is 26.7. The van der Waals surface area contributed by atoms with Crippen molar-refractivity contribution in [1.29, 1.82) is 0 Å². The van der Waals surface area contributed by atoms with Gasteiger partial charge >= 0.3 is 0 Å². The van der Waals surface area contributed by atoms with Crippen molar-refractivity contribution in [3.8, 4) is 5.75 Å². The van der Waals surface area contributed by atoms with Crippen LogP contribution in [0.3, 0.4) is 0 Å². The molecule has 0 aliphatic carbocycles. The molecule has 2 aromatic rings. The van der Waals surface area contributed by atoms with Gasteiger partial charge in [0.2, 0.25) is 21.8 Å². The summed E-state index contributed by atoms with van der Waals surface area (Å²) in [5, 5.41) is 2.86. The molecule has 0 saturated heterocycles. The Morgan fingerprint density at radius 3 is 2.31 bits per heavy atom. The summed E-state index contributed by atoms with van der Waals surface area (Å²) in [6.45, 7) is 4.44. The molecular weight excluding hydrogens is 485 g/mol. The number of nitrogens with zero attached hydrogens (tertiary/aromatic N) is 2. The van der Waals surface area contributed by atoms with Gasteiger partial charge in [-0.15, -0.1) is 0 Å². The molecule has 2 rings (SSSR count). The first kappa shape index (κ1) is 29.1. The molecule has 2 amide bonds. The van der Waals surface area contributed by atoms with Crippen molar-refractivity contribution in [3.63, 3.8) is 0 Å². The summed E-state index contributed by atoms with van der Waals surface area (Å²) in [7, 11) is -2.20. The average Bonchev–Trinajstić information content (AvgIpc) is 2.85. The molecular formula is C26H36FN3O5S. The molecule has 1 unspecified atom stereocenters. The fourth-order valence-corrected chi connectivity index (χ4v) is 4.82. The number of hydrogen-bond acceptors (Lipinski definition) is 5. The molecule has 0 spiro atoms. The van der Waals surface area contributed by atoms with Crippen LogP contribution in [0, 0.1) is 5.82 Å². The van der Waals surface area contributed by atoms with E-state index in [4.69, 9.17) is 4.74 Å². The number of amides is 2. The molecule has 2 aromatic carbocycles. The van der Waals surface area contributed by atoms with E-state index in [1.807, 2.05) is 26.0 Å². The van der Waals surface area contributed by atoms with Crippen LogP contribution in [-0.2, 0) is 26.2 Å². The van der Waals surface area contributed by atoms with Crippen molar-refractivity contribution in [2.45, 2.75) is 52.1 Å². The second-order valence-electron chi connectivity index (χ2n) is 8.47. The van der Waals surface area contributed by atoms with E-state index in [1.165, 1.54) is 23.1 Å². The zero-order valence-electron chi connectivity index (χ0n) is 21.4. The zero-order valence-corrected chi connectivity index (χ0v) is 22.2. The average molecular weight is 522 g/mol. The molecule has 36 heavy (non-hydrogen) atoms. The number of anilines is 1. The van der Waals surface area contributed by atoms with Gasteiger partial charge in [0.1, 0.15) is 17.6 Å². The fraction of sp³-hybridized carbons (Fsp3) is 0.462. The van der Waals surface area contributed by atoms with Crippen LogP contribution >= 0.6 is 0 Å². The molecule has 1 N–H and O–H groups in total. The third-order valence-electron chi connectivity index (χ3n) is 5.72. The van der Waals surface area contributed by atoms with Crippen molar-refractivity contribution in [2.75, 3.05) is 30.8 Å². The van der Waals surface area contributed by atoms with Crippen LogP contribution in [-0.4, -0.2) is 57.6 Å². The summed E-state index contributed by atoms with van der Waals surface area (Å²) in [4.78, 5) is 27.7. The summed E-state index contributed by atoms with van der Waals surface area (Å²) >= 11 is 0. The Hall–Kier alpha value is -3.14. The molecule has 10 heteroatoms. The topological polar surface area (TPSA) is 96.0 Å². The van der Waals surface area contributed by atoms with Crippen LogP contribution in [0.4, 0.5) is 10.1 Å². The minimum absolute atomic E-state index is 0.00577. The van der Waals surface area contributed by atoms with Crippen molar-refractivity contribution in [2.24, 2.45) is 0 Å². The molecule has 0 bridgehead atoms. The number of carbonyl (C=O) groups excluding carboxylic acids is 2. The highest BCUT2D eigenvalue weighted by molar-refractivity contribution is 7.92. The highest BCUT2D eigenvalue weighted by atomic mass is 32.2. The predicted octanol–water partition coefficient (Wildman–Crippen LogP) is 3.71. The molecule has 0 aliphatic rings. The fourth-order valence-electron chi connectivity index (χ4n) is 3.85. The molecule has 198 valence electrons. The van der Waals surface area contributed by atoms with Crippen LogP contribution in [0.5, 0.6) is 5.75 Å². The Morgan fingerprint density at radius 1 is 1.08 bits per heavy atom. The van der Waals surface area contributed by atoms with E-state index < -0.39 is 21.9 Å². The standard InChI is InChI=1S/C26H36FN3O5S/c1-5-17-28-26(32)23(6-2)29(19-20-13-15-21(35-3)16-14-20)25(31)12-9-18-30(36(4,33)34)24-11-8-7-10-22(24)27/h7-8,10-11,13-16,23H,5-6,9,12,17-19H2,1-4H3,(H,28,32). The first-order valence-electron chi connectivity index (χ1n) is 12.0. The Labute approximate surface area is 213 Å². The molecule has 8 nitrogen and oxygen atoms in total. The number of nitrogens with one attached hydrogen (secondary N) is 1. The van der Waals surface area contributed by atoms with Gasteiger partial charge in [0, 0.05) is 26.1 Å². The lowest BCUT2D eigenvalue weighted by Crippen LogP contribution is -2.49. The normalized spacial score (nSPS) is 12.0. The summed E-state index contributed by atoms with van der Waals surface area (Å²) in [6.07, 6.45) is 2.34. The number of para-hydroxylation sites is 1. The van der Waals surface area contributed by atoms with Gasteiger partial charge in [-0.1, -0.05) is 38.1 Å². The first-order chi connectivity index (χ1) is 17.1. The number of rotatable bonds is 14. The van der Waals surface area contributed by atoms with Crippen molar-refractivity contribution in [3.05, 3.63) is 59.9 Å². The Balaban J connectivity index is 2.21. The van der Waals surface area contributed by atoms with E-state index >= 15 is 0 Å². The predicted molar refractivity (Wildman–Crippen MR) is 139 cm³/mol. The summed E-state index contributed by atoms with van der Waals surface area (Å²) in [6, 6.07) is 12.2.